The second kappa shape index (κ2) is 4.42. The number of benzene rings is 1. The van der Waals surface area contributed by atoms with Gasteiger partial charge in [0.1, 0.15) is 0 Å². The van der Waals surface area contributed by atoms with Crippen molar-refractivity contribution in [3.8, 4) is 0 Å². The lowest BCUT2D eigenvalue weighted by Crippen LogP contribution is -2.43. The van der Waals surface area contributed by atoms with Gasteiger partial charge in [0, 0.05) is 5.41 Å². The smallest absolute Gasteiger partial charge is 0.232 e. The first-order valence-corrected chi connectivity index (χ1v) is 7.09. The molecule has 0 saturated carbocycles. The summed E-state index contributed by atoms with van der Waals surface area (Å²) in [7, 11) is 0. The van der Waals surface area contributed by atoms with Crippen molar-refractivity contribution in [1.29, 1.82) is 0 Å². The van der Waals surface area contributed by atoms with Gasteiger partial charge in [-0.15, -0.1) is 0 Å². The largest absolute Gasteiger partial charge is 0.339 e. The highest BCUT2D eigenvalue weighted by atomic mass is 16.5. The molecule has 0 saturated heterocycles. The number of hydrogen-bond donors (Lipinski definition) is 1. The van der Waals surface area contributed by atoms with Gasteiger partial charge in [-0.05, 0) is 30.4 Å². The SMILES string of the molecule is CC(C)(C)c1nc(C2(N)CCc3ccccc3C2)no1. The molecule has 4 heteroatoms. The molecule has 20 heavy (non-hydrogen) atoms. The summed E-state index contributed by atoms with van der Waals surface area (Å²) in [5.74, 6) is 1.29. The Kier molecular flexibility index (Phi) is 2.94. The number of nitrogens with two attached hydrogens (primary N) is 1. The quantitative estimate of drug-likeness (QED) is 0.866. The van der Waals surface area contributed by atoms with Crippen LogP contribution in [0, 0.1) is 0 Å². The summed E-state index contributed by atoms with van der Waals surface area (Å²) < 4.78 is 5.39. The normalized spacial score (nSPS) is 22.6. The third-order valence-electron chi connectivity index (χ3n) is 3.98. The minimum absolute atomic E-state index is 0.145. The van der Waals surface area contributed by atoms with Gasteiger partial charge in [0.25, 0.3) is 0 Å². The molecule has 4 nitrogen and oxygen atoms in total. The summed E-state index contributed by atoms with van der Waals surface area (Å²) >= 11 is 0. The van der Waals surface area contributed by atoms with E-state index in [0.29, 0.717) is 11.7 Å². The Morgan fingerprint density at radius 1 is 1.20 bits per heavy atom. The van der Waals surface area contributed by atoms with Gasteiger partial charge < -0.3 is 10.3 Å². The van der Waals surface area contributed by atoms with Gasteiger partial charge in [-0.3, -0.25) is 0 Å². The topological polar surface area (TPSA) is 64.9 Å². The molecule has 106 valence electrons. The average Bonchev–Trinajstić information content (AvgIpc) is 2.89. The lowest BCUT2D eigenvalue weighted by Gasteiger charge is -2.31. The van der Waals surface area contributed by atoms with E-state index in [4.69, 9.17) is 10.3 Å². The van der Waals surface area contributed by atoms with E-state index in [1.807, 2.05) is 0 Å². The number of nitrogens with zero attached hydrogens (tertiary/aromatic N) is 2. The van der Waals surface area contributed by atoms with E-state index in [1.165, 1.54) is 11.1 Å². The van der Waals surface area contributed by atoms with Crippen molar-refractivity contribution in [2.45, 2.75) is 51.0 Å². The van der Waals surface area contributed by atoms with Crippen LogP contribution >= 0.6 is 0 Å². The molecule has 1 unspecified atom stereocenters. The van der Waals surface area contributed by atoms with E-state index in [-0.39, 0.29) is 5.41 Å². The first kappa shape index (κ1) is 13.3. The molecule has 0 bridgehead atoms. The first-order valence-electron chi connectivity index (χ1n) is 7.09. The van der Waals surface area contributed by atoms with Crippen LogP contribution in [-0.4, -0.2) is 10.1 Å². The molecule has 0 spiro atoms. The molecular formula is C16H21N3O. The highest BCUT2D eigenvalue weighted by molar-refractivity contribution is 5.33. The molecule has 3 rings (SSSR count). The van der Waals surface area contributed by atoms with Crippen LogP contribution in [0.5, 0.6) is 0 Å². The van der Waals surface area contributed by atoms with E-state index in [0.717, 1.165) is 19.3 Å². The van der Waals surface area contributed by atoms with Gasteiger partial charge in [-0.2, -0.15) is 4.98 Å². The molecule has 1 heterocycles. The fourth-order valence-corrected chi connectivity index (χ4v) is 2.68. The number of aromatic nitrogens is 2. The summed E-state index contributed by atoms with van der Waals surface area (Å²) in [5, 5.41) is 4.14. The summed E-state index contributed by atoms with van der Waals surface area (Å²) in [6, 6.07) is 8.45. The second-order valence-electron chi connectivity index (χ2n) is 6.77. The van der Waals surface area contributed by atoms with Crippen LogP contribution < -0.4 is 5.73 Å². The summed E-state index contributed by atoms with van der Waals surface area (Å²) in [5.41, 5.74) is 8.59. The molecule has 0 aliphatic heterocycles. The van der Waals surface area contributed by atoms with E-state index in [9.17, 15) is 0 Å². The maximum atomic E-state index is 6.57. The van der Waals surface area contributed by atoms with Crippen molar-refractivity contribution in [3.63, 3.8) is 0 Å². The number of rotatable bonds is 1. The second-order valence-corrected chi connectivity index (χ2v) is 6.77. The molecular weight excluding hydrogens is 250 g/mol. The monoisotopic (exact) mass is 271 g/mol. The molecule has 2 N–H and O–H groups in total. The van der Waals surface area contributed by atoms with Crippen LogP contribution in [-0.2, 0) is 23.8 Å². The van der Waals surface area contributed by atoms with Gasteiger partial charge in [0.05, 0.1) is 5.54 Å². The van der Waals surface area contributed by atoms with Crippen molar-refractivity contribution in [1.82, 2.24) is 10.1 Å². The molecule has 1 atom stereocenters. The van der Waals surface area contributed by atoms with Crippen molar-refractivity contribution >= 4 is 0 Å². The van der Waals surface area contributed by atoms with Gasteiger partial charge >= 0.3 is 0 Å². The fourth-order valence-electron chi connectivity index (χ4n) is 2.68. The van der Waals surface area contributed by atoms with Crippen molar-refractivity contribution in [2.75, 3.05) is 0 Å². The van der Waals surface area contributed by atoms with Gasteiger partial charge in [0.2, 0.25) is 5.89 Å². The van der Waals surface area contributed by atoms with Gasteiger partial charge in [0.15, 0.2) is 5.82 Å². The Morgan fingerprint density at radius 2 is 1.90 bits per heavy atom. The van der Waals surface area contributed by atoms with E-state index in [2.05, 4.69) is 55.2 Å². The van der Waals surface area contributed by atoms with Crippen LogP contribution in [0.25, 0.3) is 0 Å². The lowest BCUT2D eigenvalue weighted by atomic mass is 9.78. The predicted molar refractivity (Wildman–Crippen MR) is 77.3 cm³/mol. The summed E-state index contributed by atoms with van der Waals surface area (Å²) in [6.45, 7) is 6.18. The van der Waals surface area contributed by atoms with Gasteiger partial charge in [-0.25, -0.2) is 0 Å². The predicted octanol–water partition coefficient (Wildman–Crippen LogP) is 2.71. The Hall–Kier alpha value is -1.68. The standard InChI is InChI=1S/C16H21N3O/c1-15(2,3)14-18-13(19-20-14)16(17)9-8-11-6-4-5-7-12(11)10-16/h4-7H,8-10,17H2,1-3H3. The molecule has 0 fully saturated rings. The van der Waals surface area contributed by atoms with Crippen LogP contribution in [0.4, 0.5) is 0 Å². The molecule has 2 aromatic rings. The van der Waals surface area contributed by atoms with Crippen molar-refractivity contribution in [2.24, 2.45) is 5.73 Å². The third kappa shape index (κ3) is 2.24. The van der Waals surface area contributed by atoms with Crippen molar-refractivity contribution < 1.29 is 4.52 Å². The maximum Gasteiger partial charge on any atom is 0.232 e. The molecule has 1 aliphatic rings. The van der Waals surface area contributed by atoms with Crippen LogP contribution in [0.3, 0.4) is 0 Å². The third-order valence-corrected chi connectivity index (χ3v) is 3.98. The fraction of sp³-hybridized carbons (Fsp3) is 0.500. The Bertz CT molecular complexity index is 627. The zero-order valence-electron chi connectivity index (χ0n) is 12.3. The first-order chi connectivity index (χ1) is 9.38. The van der Waals surface area contributed by atoms with Crippen LogP contribution in [0.15, 0.2) is 28.8 Å². The summed E-state index contributed by atoms with van der Waals surface area (Å²) in [6.07, 6.45) is 2.59. The zero-order valence-corrected chi connectivity index (χ0v) is 12.3. The minimum atomic E-state index is -0.513. The highest BCUT2D eigenvalue weighted by Gasteiger charge is 2.37. The number of aryl methyl sites for hydroxylation is 1. The number of hydrogen-bond acceptors (Lipinski definition) is 4. The van der Waals surface area contributed by atoms with Crippen LogP contribution in [0.2, 0.25) is 0 Å². The zero-order chi connectivity index (χ0) is 14.4. The average molecular weight is 271 g/mol. The maximum absolute atomic E-state index is 6.57. The Labute approximate surface area is 119 Å². The lowest BCUT2D eigenvalue weighted by molar-refractivity contribution is 0.301. The van der Waals surface area contributed by atoms with Crippen LogP contribution in [0.1, 0.15) is 50.0 Å². The number of fused-ring (bicyclic) bond motifs is 1. The molecule has 0 amide bonds. The highest BCUT2D eigenvalue weighted by Crippen LogP contribution is 2.34. The molecule has 1 aromatic carbocycles. The molecule has 1 aliphatic carbocycles. The van der Waals surface area contributed by atoms with Crippen molar-refractivity contribution in [3.05, 3.63) is 47.1 Å². The van der Waals surface area contributed by atoms with E-state index in [1.54, 1.807) is 0 Å². The minimum Gasteiger partial charge on any atom is -0.339 e. The molecule has 0 radical (unpaired) electrons. The molecule has 1 aromatic heterocycles. The van der Waals surface area contributed by atoms with E-state index < -0.39 is 5.54 Å². The van der Waals surface area contributed by atoms with Gasteiger partial charge in [-0.1, -0.05) is 50.2 Å². The Morgan fingerprint density at radius 3 is 2.55 bits per heavy atom. The van der Waals surface area contributed by atoms with E-state index >= 15 is 0 Å². The Balaban J connectivity index is 1.93. The summed E-state index contributed by atoms with van der Waals surface area (Å²) in [4.78, 5) is 4.55.